The smallest absolute Gasteiger partial charge is 0.172 e. The fourth-order valence-electron chi connectivity index (χ4n) is 3.59. The van der Waals surface area contributed by atoms with Crippen molar-refractivity contribution in [3.63, 3.8) is 0 Å². The van der Waals surface area contributed by atoms with E-state index in [0.717, 1.165) is 10.9 Å². The molecule has 0 radical (unpaired) electrons. The van der Waals surface area contributed by atoms with E-state index in [2.05, 4.69) is 30.5 Å². The van der Waals surface area contributed by atoms with Crippen LogP contribution in [0.2, 0.25) is 0 Å². The maximum atomic E-state index is 15.4. The Morgan fingerprint density at radius 1 is 1.09 bits per heavy atom. The van der Waals surface area contributed by atoms with Gasteiger partial charge in [0, 0.05) is 36.0 Å². The third kappa shape index (κ3) is 4.06. The number of hydrogen-bond donors (Lipinski definition) is 1. The minimum atomic E-state index is -0.565. The number of Topliss-reactive ketones (excluding diaryl/α,β-unsaturated/α-hetero) is 1. The van der Waals surface area contributed by atoms with E-state index < -0.39 is 5.82 Å². The molecule has 0 unspecified atom stereocenters. The summed E-state index contributed by atoms with van der Waals surface area (Å²) in [5, 5.41) is 12.0. The van der Waals surface area contributed by atoms with Crippen LogP contribution in [-0.2, 0) is 6.42 Å². The molecule has 0 aliphatic carbocycles. The van der Waals surface area contributed by atoms with Gasteiger partial charge in [0.15, 0.2) is 11.6 Å². The molecule has 3 aromatic heterocycles. The van der Waals surface area contributed by atoms with Crippen LogP contribution in [-0.4, -0.2) is 38.0 Å². The Bertz CT molecular complexity index is 1460. The van der Waals surface area contributed by atoms with Gasteiger partial charge in [-0.3, -0.25) is 9.78 Å². The highest BCUT2D eigenvalue weighted by molar-refractivity contribution is 7.09. The Balaban J connectivity index is 1.56. The van der Waals surface area contributed by atoms with Crippen LogP contribution in [0.25, 0.3) is 33.4 Å². The number of nitrogens with one attached hydrogen (secondary N) is 1. The van der Waals surface area contributed by atoms with E-state index in [1.165, 1.54) is 17.4 Å². The van der Waals surface area contributed by atoms with Gasteiger partial charge in [0.25, 0.3) is 0 Å². The van der Waals surface area contributed by atoms with Gasteiger partial charge in [-0.2, -0.15) is 0 Å². The fraction of sp³-hybridized carbons (Fsp3) is 0.0833. The minimum Gasteiger partial charge on any atom is -0.373 e. The third-order valence-corrected chi connectivity index (χ3v) is 5.88. The number of nitrogens with zero attached hydrogens (tertiary/aromatic N) is 5. The zero-order valence-electron chi connectivity index (χ0n) is 17.5. The zero-order valence-corrected chi connectivity index (χ0v) is 18.3. The topological polar surface area (TPSA) is 93.6 Å². The first-order valence-electron chi connectivity index (χ1n) is 10.1. The fourth-order valence-corrected chi connectivity index (χ4v) is 4.11. The zero-order chi connectivity index (χ0) is 22.8. The van der Waals surface area contributed by atoms with Gasteiger partial charge in [-0.25, -0.2) is 14.4 Å². The van der Waals surface area contributed by atoms with Gasteiger partial charge >= 0.3 is 0 Å². The van der Waals surface area contributed by atoms with Gasteiger partial charge in [0.05, 0.1) is 17.5 Å². The van der Waals surface area contributed by atoms with Crippen LogP contribution in [0, 0.1) is 5.82 Å². The van der Waals surface area contributed by atoms with E-state index in [0.29, 0.717) is 33.3 Å². The van der Waals surface area contributed by atoms with E-state index >= 15 is 4.39 Å². The van der Waals surface area contributed by atoms with Crippen LogP contribution in [0.1, 0.15) is 15.4 Å². The van der Waals surface area contributed by atoms with Crippen LogP contribution < -0.4 is 5.32 Å². The number of carbonyl (C=O) groups is 1. The maximum Gasteiger partial charge on any atom is 0.172 e. The number of anilines is 1. The Kier molecular flexibility index (Phi) is 5.54. The number of carbonyl (C=O) groups excluding carboxylic acids is 1. The first-order chi connectivity index (χ1) is 16.1. The number of aromatic nitrogens is 5. The molecule has 2 aromatic carbocycles. The van der Waals surface area contributed by atoms with Crippen LogP contribution >= 0.6 is 11.3 Å². The minimum absolute atomic E-state index is 0.0115. The molecule has 0 saturated carbocycles. The summed E-state index contributed by atoms with van der Waals surface area (Å²) in [5.74, 6) is 0.255. The average molecular weight is 457 g/mol. The monoisotopic (exact) mass is 456 g/mol. The summed E-state index contributed by atoms with van der Waals surface area (Å²) in [4.78, 5) is 26.1. The second-order valence-electron chi connectivity index (χ2n) is 7.22. The van der Waals surface area contributed by atoms with E-state index in [1.54, 1.807) is 43.2 Å². The molecule has 0 aliphatic rings. The van der Waals surface area contributed by atoms with Crippen LogP contribution in [0.5, 0.6) is 0 Å². The van der Waals surface area contributed by atoms with E-state index in [9.17, 15) is 4.79 Å². The Morgan fingerprint density at radius 3 is 2.76 bits per heavy atom. The normalized spacial score (nSPS) is 11.0. The summed E-state index contributed by atoms with van der Waals surface area (Å²) in [7, 11) is 1.77. The highest BCUT2D eigenvalue weighted by Crippen LogP contribution is 2.31. The van der Waals surface area contributed by atoms with E-state index in [-0.39, 0.29) is 17.8 Å². The van der Waals surface area contributed by atoms with Crippen molar-refractivity contribution in [2.45, 2.75) is 6.42 Å². The van der Waals surface area contributed by atoms with Gasteiger partial charge < -0.3 is 5.32 Å². The Hall–Kier alpha value is -4.11. The Morgan fingerprint density at radius 2 is 2.00 bits per heavy atom. The first kappa shape index (κ1) is 20.8. The van der Waals surface area contributed by atoms with Crippen molar-refractivity contribution in [1.82, 2.24) is 25.1 Å². The van der Waals surface area contributed by atoms with Crippen molar-refractivity contribution in [3.05, 3.63) is 82.8 Å². The summed E-state index contributed by atoms with van der Waals surface area (Å²) in [5.41, 5.74) is 4.04. The standard InChI is InChI=1S/C24H17FN6OS/c1-26-24-18-10-14(7-8-19(18)29-23(30-24)15-4-3-9-27-12-15)16-5-2-6-17(22(16)25)20(32)11-21-31-28-13-33-21/h2-10,12-13H,11H2,1H3,(H,26,29,30). The Labute approximate surface area is 192 Å². The first-order valence-corrected chi connectivity index (χ1v) is 11.0. The highest BCUT2D eigenvalue weighted by Gasteiger charge is 2.18. The van der Waals surface area contributed by atoms with Crippen molar-refractivity contribution in [3.8, 4) is 22.5 Å². The molecule has 33 heavy (non-hydrogen) atoms. The molecule has 1 N–H and O–H groups in total. The predicted molar refractivity (Wildman–Crippen MR) is 126 cm³/mol. The van der Waals surface area contributed by atoms with Crippen LogP contribution in [0.4, 0.5) is 10.2 Å². The maximum absolute atomic E-state index is 15.4. The highest BCUT2D eigenvalue weighted by atomic mass is 32.1. The summed E-state index contributed by atoms with van der Waals surface area (Å²) < 4.78 is 15.4. The molecule has 7 nitrogen and oxygen atoms in total. The molecule has 0 saturated heterocycles. The van der Waals surface area contributed by atoms with Crippen molar-refractivity contribution in [1.29, 1.82) is 0 Å². The number of halogens is 1. The average Bonchev–Trinajstić information content (AvgIpc) is 3.36. The molecule has 0 bridgehead atoms. The van der Waals surface area contributed by atoms with Gasteiger partial charge in [-0.15, -0.1) is 21.5 Å². The third-order valence-electron chi connectivity index (χ3n) is 5.18. The van der Waals surface area contributed by atoms with Crippen LogP contribution in [0.15, 0.2) is 66.4 Å². The van der Waals surface area contributed by atoms with Crippen molar-refractivity contribution in [2.24, 2.45) is 0 Å². The largest absolute Gasteiger partial charge is 0.373 e. The molecule has 0 amide bonds. The van der Waals surface area contributed by atoms with Gasteiger partial charge in [0.1, 0.15) is 22.2 Å². The van der Waals surface area contributed by atoms with Gasteiger partial charge in [0.2, 0.25) is 0 Å². The van der Waals surface area contributed by atoms with Gasteiger partial charge in [-0.1, -0.05) is 18.2 Å². The summed E-state index contributed by atoms with van der Waals surface area (Å²) in [6.45, 7) is 0. The molecule has 0 spiro atoms. The summed E-state index contributed by atoms with van der Waals surface area (Å²) >= 11 is 1.27. The number of rotatable bonds is 6. The lowest BCUT2D eigenvalue weighted by molar-refractivity contribution is 0.0989. The summed E-state index contributed by atoms with van der Waals surface area (Å²) in [6, 6.07) is 14.0. The molecule has 5 rings (SSSR count). The van der Waals surface area contributed by atoms with E-state index in [4.69, 9.17) is 0 Å². The molecule has 0 fully saturated rings. The summed E-state index contributed by atoms with van der Waals surface area (Å²) in [6.07, 6.45) is 3.41. The number of hydrogen-bond acceptors (Lipinski definition) is 8. The van der Waals surface area contributed by atoms with Crippen molar-refractivity contribution in [2.75, 3.05) is 12.4 Å². The van der Waals surface area contributed by atoms with E-state index in [1.807, 2.05) is 24.3 Å². The van der Waals surface area contributed by atoms with Gasteiger partial charge in [-0.05, 0) is 35.9 Å². The SMILES string of the molecule is CNc1nc(-c2cccnc2)nc2ccc(-c3cccc(C(=O)Cc4nncs4)c3F)cc12. The molecular weight excluding hydrogens is 439 g/mol. The lowest BCUT2D eigenvalue weighted by atomic mass is 9.98. The van der Waals surface area contributed by atoms with Crippen molar-refractivity contribution >= 4 is 33.8 Å². The molecule has 9 heteroatoms. The predicted octanol–water partition coefficient (Wildman–Crippen LogP) is 4.82. The lowest BCUT2D eigenvalue weighted by Crippen LogP contribution is -2.07. The number of pyridine rings is 1. The molecule has 5 aromatic rings. The number of fused-ring (bicyclic) bond motifs is 1. The lowest BCUT2D eigenvalue weighted by Gasteiger charge is -2.11. The molecule has 162 valence electrons. The molecular formula is C24H17FN6OS. The second kappa shape index (κ2) is 8.79. The van der Waals surface area contributed by atoms with Crippen LogP contribution in [0.3, 0.4) is 0 Å². The molecule has 0 aliphatic heterocycles. The second-order valence-corrected chi connectivity index (χ2v) is 8.14. The van der Waals surface area contributed by atoms with Crippen molar-refractivity contribution < 1.29 is 9.18 Å². The molecule has 0 atom stereocenters. The number of benzene rings is 2. The molecule has 3 heterocycles. The quantitative estimate of drug-likeness (QED) is 0.366. The number of ketones is 1.